The normalized spacial score (nSPS) is 26.1. The van der Waals surface area contributed by atoms with Gasteiger partial charge in [-0.1, -0.05) is 43.5 Å². The quantitative estimate of drug-likeness (QED) is 0.843. The van der Waals surface area contributed by atoms with Crippen LogP contribution in [0.4, 0.5) is 5.69 Å². The number of halogens is 1. The molecule has 2 atom stereocenters. The lowest BCUT2D eigenvalue weighted by atomic mass is 9.76. The van der Waals surface area contributed by atoms with Crippen LogP contribution in [-0.2, 0) is 9.53 Å². The molecule has 1 aromatic carbocycles. The molecule has 20 heavy (non-hydrogen) atoms. The van der Waals surface area contributed by atoms with Gasteiger partial charge in [-0.25, -0.2) is 4.79 Å². The summed E-state index contributed by atoms with van der Waals surface area (Å²) in [5, 5.41) is 4.00. The summed E-state index contributed by atoms with van der Waals surface area (Å²) in [6.07, 6.45) is 3.77. The fourth-order valence-electron chi connectivity index (χ4n) is 2.99. The van der Waals surface area contributed by atoms with Crippen LogP contribution in [-0.4, -0.2) is 18.1 Å². The number of hydrogen-bond donors (Lipinski definition) is 1. The highest BCUT2D eigenvalue weighted by Gasteiger charge is 2.43. The lowest BCUT2D eigenvalue weighted by Gasteiger charge is -2.39. The standard InChI is InChI=1S/C16H22ClNO2/c1-3-20-15(19)16(10-6-7-12(2)11-16)18-14-9-5-4-8-13(14)17/h4-5,8-9,12,18H,3,6-7,10-11H2,1-2H3. The van der Waals surface area contributed by atoms with Crippen molar-refractivity contribution in [2.75, 3.05) is 11.9 Å². The smallest absolute Gasteiger partial charge is 0.331 e. The van der Waals surface area contributed by atoms with Gasteiger partial charge in [-0.2, -0.15) is 0 Å². The highest BCUT2D eigenvalue weighted by atomic mass is 35.5. The number of esters is 1. The van der Waals surface area contributed by atoms with Crippen LogP contribution in [0.5, 0.6) is 0 Å². The van der Waals surface area contributed by atoms with Gasteiger partial charge in [0, 0.05) is 0 Å². The first-order valence-electron chi connectivity index (χ1n) is 7.27. The number of ether oxygens (including phenoxy) is 1. The number of carbonyl (C=O) groups excluding carboxylic acids is 1. The van der Waals surface area contributed by atoms with Gasteiger partial charge < -0.3 is 10.1 Å². The molecule has 0 heterocycles. The number of benzene rings is 1. The van der Waals surface area contributed by atoms with E-state index in [1.165, 1.54) is 0 Å². The number of nitrogens with one attached hydrogen (secondary N) is 1. The summed E-state index contributed by atoms with van der Waals surface area (Å²) in [5.74, 6) is 0.342. The summed E-state index contributed by atoms with van der Waals surface area (Å²) in [6, 6.07) is 7.53. The molecule has 0 amide bonds. The lowest BCUT2D eigenvalue weighted by molar-refractivity contribution is -0.150. The summed E-state index contributed by atoms with van der Waals surface area (Å²) in [5.41, 5.74) is 0.162. The van der Waals surface area contributed by atoms with Crippen LogP contribution in [0.3, 0.4) is 0 Å². The highest BCUT2D eigenvalue weighted by Crippen LogP contribution is 2.37. The van der Waals surface area contributed by atoms with Gasteiger partial charge in [0.05, 0.1) is 17.3 Å². The van der Waals surface area contributed by atoms with Crippen LogP contribution in [0, 0.1) is 5.92 Å². The molecule has 1 aromatic rings. The van der Waals surface area contributed by atoms with Crippen LogP contribution >= 0.6 is 11.6 Å². The van der Waals surface area contributed by atoms with Gasteiger partial charge in [-0.05, 0) is 37.8 Å². The Labute approximate surface area is 125 Å². The minimum absolute atomic E-state index is 0.161. The Kier molecular flexibility index (Phi) is 4.92. The highest BCUT2D eigenvalue weighted by molar-refractivity contribution is 6.33. The topological polar surface area (TPSA) is 38.3 Å². The molecule has 0 saturated heterocycles. The molecule has 1 aliphatic carbocycles. The third kappa shape index (κ3) is 3.26. The Morgan fingerprint density at radius 2 is 2.25 bits per heavy atom. The first kappa shape index (κ1) is 15.2. The zero-order chi connectivity index (χ0) is 14.6. The number of rotatable bonds is 4. The van der Waals surface area contributed by atoms with E-state index in [2.05, 4.69) is 12.2 Å². The average molecular weight is 296 g/mol. The third-order valence-corrected chi connectivity index (χ3v) is 4.24. The van der Waals surface area contributed by atoms with Crippen molar-refractivity contribution in [1.29, 1.82) is 0 Å². The SMILES string of the molecule is CCOC(=O)C1(Nc2ccccc2Cl)CCCC(C)C1. The lowest BCUT2D eigenvalue weighted by Crippen LogP contribution is -2.50. The molecular formula is C16H22ClNO2. The van der Waals surface area contributed by atoms with E-state index in [1.54, 1.807) is 0 Å². The van der Waals surface area contributed by atoms with E-state index in [1.807, 2.05) is 31.2 Å². The van der Waals surface area contributed by atoms with Crippen molar-refractivity contribution >= 4 is 23.3 Å². The van der Waals surface area contributed by atoms with Crippen LogP contribution in [0.15, 0.2) is 24.3 Å². The summed E-state index contributed by atoms with van der Waals surface area (Å²) < 4.78 is 5.30. The molecule has 1 N–H and O–H groups in total. The molecule has 1 saturated carbocycles. The molecule has 0 aromatic heterocycles. The maximum Gasteiger partial charge on any atom is 0.331 e. The van der Waals surface area contributed by atoms with Gasteiger partial charge in [-0.15, -0.1) is 0 Å². The minimum atomic E-state index is -0.640. The molecule has 0 spiro atoms. The summed E-state index contributed by atoms with van der Waals surface area (Å²) >= 11 is 6.21. The van der Waals surface area contributed by atoms with Crippen molar-refractivity contribution in [3.8, 4) is 0 Å². The number of anilines is 1. The molecule has 0 aliphatic heterocycles. The van der Waals surface area contributed by atoms with Gasteiger partial charge >= 0.3 is 5.97 Å². The predicted octanol–water partition coefficient (Wildman–Crippen LogP) is 4.26. The Morgan fingerprint density at radius 1 is 1.50 bits per heavy atom. The van der Waals surface area contributed by atoms with Gasteiger partial charge in [0.2, 0.25) is 0 Å². The van der Waals surface area contributed by atoms with Gasteiger partial charge in [0.1, 0.15) is 5.54 Å². The van der Waals surface area contributed by atoms with Crippen molar-refractivity contribution in [2.24, 2.45) is 5.92 Å². The first-order valence-corrected chi connectivity index (χ1v) is 7.65. The van der Waals surface area contributed by atoms with E-state index in [0.29, 0.717) is 17.5 Å². The molecule has 2 rings (SSSR count). The number of carbonyl (C=O) groups is 1. The monoisotopic (exact) mass is 295 g/mol. The van der Waals surface area contributed by atoms with Crippen LogP contribution < -0.4 is 5.32 Å². The Bertz CT molecular complexity index is 477. The van der Waals surface area contributed by atoms with E-state index >= 15 is 0 Å². The molecular weight excluding hydrogens is 274 g/mol. The predicted molar refractivity (Wildman–Crippen MR) is 82.1 cm³/mol. The molecule has 1 fully saturated rings. The summed E-state index contributed by atoms with van der Waals surface area (Å²) in [4.78, 5) is 12.5. The number of hydrogen-bond acceptors (Lipinski definition) is 3. The van der Waals surface area contributed by atoms with Crippen molar-refractivity contribution in [1.82, 2.24) is 0 Å². The first-order chi connectivity index (χ1) is 9.57. The molecule has 0 bridgehead atoms. The zero-order valence-electron chi connectivity index (χ0n) is 12.1. The van der Waals surface area contributed by atoms with Crippen molar-refractivity contribution in [3.63, 3.8) is 0 Å². The van der Waals surface area contributed by atoms with Gasteiger partial charge in [0.15, 0.2) is 0 Å². The molecule has 0 radical (unpaired) electrons. The van der Waals surface area contributed by atoms with Crippen LogP contribution in [0.25, 0.3) is 0 Å². The van der Waals surface area contributed by atoms with E-state index in [4.69, 9.17) is 16.3 Å². The Balaban J connectivity index is 2.27. The second kappa shape index (κ2) is 6.49. The van der Waals surface area contributed by atoms with E-state index < -0.39 is 5.54 Å². The Hall–Kier alpha value is -1.22. The molecule has 1 aliphatic rings. The maximum atomic E-state index is 12.5. The average Bonchev–Trinajstić information content (AvgIpc) is 2.42. The molecule has 2 unspecified atom stereocenters. The molecule has 110 valence electrons. The van der Waals surface area contributed by atoms with Gasteiger partial charge in [0.25, 0.3) is 0 Å². The minimum Gasteiger partial charge on any atom is -0.464 e. The van der Waals surface area contributed by atoms with Crippen molar-refractivity contribution in [3.05, 3.63) is 29.3 Å². The molecule has 4 heteroatoms. The largest absolute Gasteiger partial charge is 0.464 e. The second-order valence-corrected chi connectivity index (χ2v) is 6.02. The fraction of sp³-hybridized carbons (Fsp3) is 0.562. The van der Waals surface area contributed by atoms with Crippen molar-refractivity contribution in [2.45, 2.75) is 45.1 Å². The second-order valence-electron chi connectivity index (χ2n) is 5.61. The van der Waals surface area contributed by atoms with Crippen molar-refractivity contribution < 1.29 is 9.53 Å². The summed E-state index contributed by atoms with van der Waals surface area (Å²) in [6.45, 7) is 4.42. The Morgan fingerprint density at radius 3 is 2.90 bits per heavy atom. The van der Waals surface area contributed by atoms with E-state index in [9.17, 15) is 4.79 Å². The molecule has 3 nitrogen and oxygen atoms in total. The summed E-state index contributed by atoms with van der Waals surface area (Å²) in [7, 11) is 0. The fourth-order valence-corrected chi connectivity index (χ4v) is 3.17. The van der Waals surface area contributed by atoms with Gasteiger partial charge in [-0.3, -0.25) is 0 Å². The van der Waals surface area contributed by atoms with E-state index in [0.717, 1.165) is 31.4 Å². The van der Waals surface area contributed by atoms with Crippen LogP contribution in [0.1, 0.15) is 39.5 Å². The zero-order valence-corrected chi connectivity index (χ0v) is 12.9. The number of para-hydroxylation sites is 1. The van der Waals surface area contributed by atoms with E-state index in [-0.39, 0.29) is 5.97 Å². The van der Waals surface area contributed by atoms with Crippen LogP contribution in [0.2, 0.25) is 5.02 Å². The third-order valence-electron chi connectivity index (χ3n) is 3.91. The maximum absolute atomic E-state index is 12.5.